The molecule has 1 aliphatic heterocycles. The number of hydrogen-bond acceptors (Lipinski definition) is 5. The average molecular weight is 409 g/mol. The zero-order chi connectivity index (χ0) is 21.3. The zero-order valence-electron chi connectivity index (χ0n) is 18.2. The van der Waals surface area contributed by atoms with E-state index in [4.69, 9.17) is 15.7 Å². The van der Waals surface area contributed by atoms with Gasteiger partial charge in [-0.3, -0.25) is 13.9 Å². The van der Waals surface area contributed by atoms with Crippen LogP contribution in [0.3, 0.4) is 0 Å². The summed E-state index contributed by atoms with van der Waals surface area (Å²) in [6.07, 6.45) is 3.81. The molecule has 1 saturated heterocycles. The summed E-state index contributed by atoms with van der Waals surface area (Å²) >= 11 is 0. The molecule has 3 aromatic rings. The topological polar surface area (TPSA) is 82.0 Å². The number of hydrogen-bond donors (Lipinski definition) is 1. The third kappa shape index (κ3) is 4.12. The molecule has 7 nitrogen and oxygen atoms in total. The highest BCUT2D eigenvalue weighted by Gasteiger charge is 2.25. The summed E-state index contributed by atoms with van der Waals surface area (Å²) in [5.74, 6) is 2.15. The second-order valence-electron chi connectivity index (χ2n) is 8.83. The van der Waals surface area contributed by atoms with E-state index >= 15 is 0 Å². The second-order valence-corrected chi connectivity index (χ2v) is 8.83. The molecule has 160 valence electrons. The molecule has 7 heteroatoms. The molecule has 2 aromatic heterocycles. The van der Waals surface area contributed by atoms with Crippen molar-refractivity contribution in [2.45, 2.75) is 52.1 Å². The van der Waals surface area contributed by atoms with Crippen molar-refractivity contribution in [2.75, 3.05) is 18.0 Å². The van der Waals surface area contributed by atoms with Gasteiger partial charge in [-0.05, 0) is 30.7 Å². The molecule has 4 rings (SSSR count). The first-order chi connectivity index (χ1) is 14.4. The number of rotatable bonds is 6. The van der Waals surface area contributed by atoms with E-state index in [9.17, 15) is 4.79 Å². The molecule has 0 saturated carbocycles. The van der Waals surface area contributed by atoms with E-state index in [0.717, 1.165) is 56.1 Å². The van der Waals surface area contributed by atoms with Crippen molar-refractivity contribution in [3.63, 3.8) is 0 Å². The molecule has 2 N–H and O–H groups in total. The fraction of sp³-hybridized carbons (Fsp3) is 0.522. The van der Waals surface area contributed by atoms with Gasteiger partial charge in [-0.2, -0.15) is 4.98 Å². The minimum Gasteiger partial charge on any atom is -0.341 e. The first kappa shape index (κ1) is 20.6. The molecule has 0 radical (unpaired) electrons. The van der Waals surface area contributed by atoms with Crippen LogP contribution in [0.1, 0.15) is 44.5 Å². The minimum absolute atomic E-state index is 0.0326. The van der Waals surface area contributed by atoms with Crippen molar-refractivity contribution >= 4 is 17.1 Å². The lowest BCUT2D eigenvalue weighted by Crippen LogP contribution is -2.44. The molecule has 30 heavy (non-hydrogen) atoms. The Morgan fingerprint density at radius 3 is 2.67 bits per heavy atom. The third-order valence-corrected chi connectivity index (χ3v) is 5.93. The Morgan fingerprint density at radius 1 is 1.20 bits per heavy atom. The van der Waals surface area contributed by atoms with E-state index in [1.165, 1.54) is 0 Å². The van der Waals surface area contributed by atoms with Gasteiger partial charge in [0.1, 0.15) is 5.82 Å². The number of aryl methyl sites for hydroxylation is 1. The summed E-state index contributed by atoms with van der Waals surface area (Å²) in [7, 11) is 1.82. The fourth-order valence-electron chi connectivity index (χ4n) is 4.18. The summed E-state index contributed by atoms with van der Waals surface area (Å²) in [4.78, 5) is 25.3. The van der Waals surface area contributed by atoms with Gasteiger partial charge in [0.15, 0.2) is 11.2 Å². The van der Waals surface area contributed by atoms with E-state index < -0.39 is 0 Å². The zero-order valence-corrected chi connectivity index (χ0v) is 18.2. The van der Waals surface area contributed by atoms with Crippen LogP contribution in [0.4, 0.5) is 5.95 Å². The van der Waals surface area contributed by atoms with Gasteiger partial charge in [-0.1, -0.05) is 44.2 Å². The van der Waals surface area contributed by atoms with Crippen molar-refractivity contribution in [1.82, 2.24) is 19.1 Å². The van der Waals surface area contributed by atoms with Crippen LogP contribution in [0.25, 0.3) is 11.2 Å². The van der Waals surface area contributed by atoms with Crippen LogP contribution in [0.15, 0.2) is 35.1 Å². The Hall–Kier alpha value is -2.67. The van der Waals surface area contributed by atoms with Crippen molar-refractivity contribution in [3.8, 4) is 0 Å². The maximum absolute atomic E-state index is 13.4. The SMILES string of the molecule is CC(C)CCc1nc2nc(N3CCCC(N)C3)n(Cc3ccccc3)c2c(=O)n1C. The highest BCUT2D eigenvalue weighted by Crippen LogP contribution is 2.24. The van der Waals surface area contributed by atoms with Crippen molar-refractivity contribution in [1.29, 1.82) is 0 Å². The molecule has 1 aliphatic rings. The normalized spacial score (nSPS) is 17.2. The Morgan fingerprint density at radius 2 is 1.97 bits per heavy atom. The van der Waals surface area contributed by atoms with Crippen LogP contribution in [0.2, 0.25) is 0 Å². The quantitative estimate of drug-likeness (QED) is 0.678. The first-order valence-electron chi connectivity index (χ1n) is 10.9. The average Bonchev–Trinajstić information content (AvgIpc) is 3.08. The van der Waals surface area contributed by atoms with Crippen LogP contribution in [0.5, 0.6) is 0 Å². The van der Waals surface area contributed by atoms with Crippen molar-refractivity contribution < 1.29 is 0 Å². The minimum atomic E-state index is -0.0326. The number of piperidine rings is 1. The Balaban J connectivity index is 1.84. The van der Waals surface area contributed by atoms with Gasteiger partial charge in [0, 0.05) is 32.6 Å². The lowest BCUT2D eigenvalue weighted by atomic mass is 10.1. The van der Waals surface area contributed by atoms with E-state index in [1.807, 2.05) is 29.8 Å². The van der Waals surface area contributed by atoms with E-state index in [2.05, 4.69) is 30.9 Å². The van der Waals surface area contributed by atoms with Crippen LogP contribution in [-0.4, -0.2) is 38.2 Å². The number of benzene rings is 1. The Kier molecular flexibility index (Phi) is 5.90. The number of nitrogens with two attached hydrogens (primary N) is 1. The van der Waals surface area contributed by atoms with E-state index in [0.29, 0.717) is 23.6 Å². The number of fused-ring (bicyclic) bond motifs is 1. The second kappa shape index (κ2) is 8.60. The maximum atomic E-state index is 13.4. The molecule has 1 unspecified atom stereocenters. The summed E-state index contributed by atoms with van der Waals surface area (Å²) in [6.45, 7) is 6.59. The molecular formula is C23H32N6O. The standard InChI is InChI=1S/C23H32N6O/c1-16(2)11-12-19-25-21-20(22(30)27(19)3)29(14-17-8-5-4-6-9-17)23(26-21)28-13-7-10-18(24)15-28/h4-6,8-9,16,18H,7,10-15,24H2,1-3H3. The van der Waals surface area contributed by atoms with Crippen molar-refractivity contribution in [2.24, 2.45) is 18.7 Å². The predicted molar refractivity (Wildman–Crippen MR) is 121 cm³/mol. The van der Waals surface area contributed by atoms with Gasteiger partial charge in [-0.15, -0.1) is 0 Å². The molecular weight excluding hydrogens is 376 g/mol. The molecule has 1 atom stereocenters. The monoisotopic (exact) mass is 408 g/mol. The van der Waals surface area contributed by atoms with Gasteiger partial charge < -0.3 is 10.6 Å². The lowest BCUT2D eigenvalue weighted by Gasteiger charge is -2.31. The summed E-state index contributed by atoms with van der Waals surface area (Å²) in [5, 5.41) is 0. The summed E-state index contributed by atoms with van der Waals surface area (Å²) in [5.41, 5.74) is 8.46. The largest absolute Gasteiger partial charge is 0.341 e. The van der Waals surface area contributed by atoms with Crippen LogP contribution >= 0.6 is 0 Å². The molecule has 3 heterocycles. The number of aromatic nitrogens is 4. The van der Waals surface area contributed by atoms with Gasteiger partial charge >= 0.3 is 0 Å². The Bertz CT molecular complexity index is 1070. The summed E-state index contributed by atoms with van der Waals surface area (Å²) in [6, 6.07) is 10.3. The van der Waals surface area contributed by atoms with Crippen LogP contribution in [-0.2, 0) is 20.0 Å². The molecule has 0 aliphatic carbocycles. The fourth-order valence-corrected chi connectivity index (χ4v) is 4.18. The highest BCUT2D eigenvalue weighted by molar-refractivity contribution is 5.74. The van der Waals surface area contributed by atoms with Gasteiger partial charge in [0.2, 0.25) is 5.95 Å². The van der Waals surface area contributed by atoms with Crippen LogP contribution < -0.4 is 16.2 Å². The maximum Gasteiger partial charge on any atom is 0.279 e. The Labute approximate surface area is 177 Å². The highest BCUT2D eigenvalue weighted by atomic mass is 16.1. The smallest absolute Gasteiger partial charge is 0.279 e. The summed E-state index contributed by atoms with van der Waals surface area (Å²) < 4.78 is 3.73. The number of anilines is 1. The molecule has 1 fully saturated rings. The number of nitrogens with zero attached hydrogens (tertiary/aromatic N) is 5. The predicted octanol–water partition coefficient (Wildman–Crippen LogP) is 2.69. The van der Waals surface area contributed by atoms with E-state index in [1.54, 1.807) is 4.57 Å². The third-order valence-electron chi connectivity index (χ3n) is 5.93. The number of imidazole rings is 1. The van der Waals surface area contributed by atoms with Gasteiger partial charge in [0.05, 0.1) is 6.54 Å². The van der Waals surface area contributed by atoms with Gasteiger partial charge in [0.25, 0.3) is 5.56 Å². The van der Waals surface area contributed by atoms with Crippen molar-refractivity contribution in [3.05, 3.63) is 52.1 Å². The van der Waals surface area contributed by atoms with E-state index in [-0.39, 0.29) is 11.6 Å². The van der Waals surface area contributed by atoms with Crippen LogP contribution in [0, 0.1) is 5.92 Å². The molecule has 0 amide bonds. The molecule has 1 aromatic carbocycles. The lowest BCUT2D eigenvalue weighted by molar-refractivity contribution is 0.495. The first-order valence-corrected chi connectivity index (χ1v) is 10.9. The molecule has 0 spiro atoms. The molecule has 0 bridgehead atoms. The van der Waals surface area contributed by atoms with Gasteiger partial charge in [-0.25, -0.2) is 4.98 Å².